The molecule has 0 spiro atoms. The molecular formula is C18H28F2OS. The third kappa shape index (κ3) is 3.53. The van der Waals surface area contributed by atoms with E-state index in [0.29, 0.717) is 18.3 Å². The van der Waals surface area contributed by atoms with Crippen molar-refractivity contribution in [3.63, 3.8) is 0 Å². The zero-order valence-corrected chi connectivity index (χ0v) is 14.1. The maximum Gasteiger partial charge on any atom is 0.159 e. The maximum atomic E-state index is 14.4. The molecule has 3 aliphatic carbocycles. The molecule has 1 nitrogen and oxygen atoms in total. The van der Waals surface area contributed by atoms with Gasteiger partial charge in [0.05, 0.1) is 0 Å². The zero-order valence-electron chi connectivity index (χ0n) is 13.2. The Kier molecular flexibility index (Phi) is 5.83. The number of allylic oxidation sites excluding steroid dienone is 2. The second-order valence-corrected chi connectivity index (χ2v) is 7.62. The van der Waals surface area contributed by atoms with E-state index in [1.54, 1.807) is 5.57 Å². The Bertz CT molecular complexity index is 393. The van der Waals surface area contributed by atoms with Gasteiger partial charge < -0.3 is 4.18 Å². The van der Waals surface area contributed by atoms with E-state index in [1.165, 1.54) is 38.5 Å². The number of halogens is 2. The monoisotopic (exact) mass is 330 g/mol. The van der Waals surface area contributed by atoms with E-state index in [-0.39, 0.29) is 5.92 Å². The van der Waals surface area contributed by atoms with Crippen molar-refractivity contribution < 1.29 is 13.0 Å². The molecular weight excluding hydrogens is 302 g/mol. The molecule has 0 aromatic carbocycles. The van der Waals surface area contributed by atoms with Crippen LogP contribution in [0.1, 0.15) is 64.2 Å². The van der Waals surface area contributed by atoms with Crippen molar-refractivity contribution in [2.75, 3.05) is 0 Å². The molecule has 3 aliphatic rings. The molecule has 0 bridgehead atoms. The molecule has 0 N–H and O–H groups in total. The van der Waals surface area contributed by atoms with E-state index < -0.39 is 18.4 Å². The van der Waals surface area contributed by atoms with Crippen molar-refractivity contribution in [2.45, 2.75) is 82.7 Å². The predicted octanol–water partition coefficient (Wildman–Crippen LogP) is 5.61. The van der Waals surface area contributed by atoms with Gasteiger partial charge in [0, 0.05) is 0 Å². The van der Waals surface area contributed by atoms with Crippen LogP contribution in [-0.2, 0) is 4.18 Å². The van der Waals surface area contributed by atoms with Crippen LogP contribution >= 0.6 is 12.9 Å². The molecule has 0 aliphatic heterocycles. The van der Waals surface area contributed by atoms with Crippen LogP contribution in [0.4, 0.5) is 8.78 Å². The summed E-state index contributed by atoms with van der Waals surface area (Å²) in [6, 6.07) is 0. The van der Waals surface area contributed by atoms with Crippen LogP contribution in [0.5, 0.6) is 0 Å². The highest BCUT2D eigenvalue weighted by Gasteiger charge is 2.44. The normalized spacial score (nSPS) is 43.7. The Labute approximate surface area is 138 Å². The summed E-state index contributed by atoms with van der Waals surface area (Å²) in [5.74, 6) is 0.957. The minimum atomic E-state index is -1.50. The molecule has 0 aromatic heterocycles. The van der Waals surface area contributed by atoms with Gasteiger partial charge in [-0.1, -0.05) is 11.6 Å². The minimum Gasteiger partial charge on any atom is -0.312 e. The fourth-order valence-electron chi connectivity index (χ4n) is 4.87. The predicted molar refractivity (Wildman–Crippen MR) is 88.4 cm³/mol. The molecule has 0 saturated heterocycles. The van der Waals surface area contributed by atoms with Crippen LogP contribution in [0.25, 0.3) is 0 Å². The summed E-state index contributed by atoms with van der Waals surface area (Å²) < 4.78 is 33.2. The fraction of sp³-hybridized carbons (Fsp3) is 0.889. The first-order valence-corrected chi connectivity index (χ1v) is 9.34. The van der Waals surface area contributed by atoms with E-state index in [1.807, 2.05) is 0 Å². The van der Waals surface area contributed by atoms with Crippen molar-refractivity contribution in [1.82, 2.24) is 0 Å². The lowest BCUT2D eigenvalue weighted by Crippen LogP contribution is -2.45. The molecule has 3 rings (SSSR count). The minimum absolute atomic E-state index is 0.115. The second-order valence-electron chi connectivity index (χ2n) is 7.41. The topological polar surface area (TPSA) is 9.23 Å². The van der Waals surface area contributed by atoms with Gasteiger partial charge in [-0.05, 0) is 94.9 Å². The molecule has 4 heteroatoms. The van der Waals surface area contributed by atoms with Crippen LogP contribution in [0, 0.1) is 17.8 Å². The van der Waals surface area contributed by atoms with Gasteiger partial charge in [0.2, 0.25) is 0 Å². The molecule has 0 amide bonds. The fourth-order valence-corrected chi connectivity index (χ4v) is 5.10. The Balaban J connectivity index is 1.54. The van der Waals surface area contributed by atoms with Crippen molar-refractivity contribution in [2.24, 2.45) is 17.8 Å². The quantitative estimate of drug-likeness (QED) is 0.402. The lowest BCUT2D eigenvalue weighted by atomic mass is 9.67. The number of thiol groups is 1. The zero-order chi connectivity index (χ0) is 15.5. The summed E-state index contributed by atoms with van der Waals surface area (Å²) in [5.41, 5.74) is 1.65. The maximum absolute atomic E-state index is 14.4. The molecule has 0 radical (unpaired) electrons. The van der Waals surface area contributed by atoms with Gasteiger partial charge in [-0.2, -0.15) is 0 Å². The summed E-state index contributed by atoms with van der Waals surface area (Å²) in [6.07, 6.45) is 9.86. The standard InChI is InChI=1S/C18H28F2OS/c19-17-15(10-11-16(21-22)18(17)20)14-8-6-13(7-9-14)12-4-2-1-3-5-12/h4,13-18,22H,1-3,5-11H2. The smallest absolute Gasteiger partial charge is 0.159 e. The average molecular weight is 330 g/mol. The Morgan fingerprint density at radius 3 is 2.36 bits per heavy atom. The van der Waals surface area contributed by atoms with E-state index in [2.05, 4.69) is 19.0 Å². The van der Waals surface area contributed by atoms with Crippen LogP contribution < -0.4 is 0 Å². The van der Waals surface area contributed by atoms with Crippen molar-refractivity contribution >= 4 is 12.9 Å². The SMILES string of the molecule is FC1C(OS)CCC(C2CCC(C3=CCCCC3)CC2)C1F. The third-order valence-electron chi connectivity index (χ3n) is 6.22. The van der Waals surface area contributed by atoms with Crippen molar-refractivity contribution in [3.8, 4) is 0 Å². The highest BCUT2D eigenvalue weighted by Crippen LogP contribution is 2.45. The number of hydrogen-bond donors (Lipinski definition) is 1. The number of hydrogen-bond acceptors (Lipinski definition) is 2. The van der Waals surface area contributed by atoms with Gasteiger partial charge in [-0.15, -0.1) is 0 Å². The highest BCUT2D eigenvalue weighted by atomic mass is 32.1. The first kappa shape index (κ1) is 16.8. The van der Waals surface area contributed by atoms with Crippen LogP contribution in [0.15, 0.2) is 11.6 Å². The summed E-state index contributed by atoms with van der Waals surface area (Å²) >= 11 is 3.68. The van der Waals surface area contributed by atoms with Gasteiger partial charge >= 0.3 is 0 Å². The summed E-state index contributed by atoms with van der Waals surface area (Å²) in [6.45, 7) is 0. The average Bonchev–Trinajstić information content (AvgIpc) is 2.58. The molecule has 0 aromatic rings. The molecule has 0 heterocycles. The van der Waals surface area contributed by atoms with E-state index in [4.69, 9.17) is 4.18 Å². The summed E-state index contributed by atoms with van der Waals surface area (Å²) in [4.78, 5) is 0. The highest BCUT2D eigenvalue weighted by molar-refractivity contribution is 7.75. The van der Waals surface area contributed by atoms with Gasteiger partial charge in [0.25, 0.3) is 0 Å². The lowest BCUT2D eigenvalue weighted by Gasteiger charge is -2.41. The number of alkyl halides is 2. The lowest BCUT2D eigenvalue weighted by molar-refractivity contribution is -0.0366. The van der Waals surface area contributed by atoms with E-state index in [0.717, 1.165) is 19.3 Å². The Morgan fingerprint density at radius 1 is 0.955 bits per heavy atom. The molecule has 126 valence electrons. The van der Waals surface area contributed by atoms with Crippen LogP contribution in [-0.4, -0.2) is 18.4 Å². The van der Waals surface area contributed by atoms with Gasteiger partial charge in [-0.3, -0.25) is 0 Å². The largest absolute Gasteiger partial charge is 0.312 e. The molecule has 4 atom stereocenters. The van der Waals surface area contributed by atoms with Crippen molar-refractivity contribution in [1.29, 1.82) is 0 Å². The molecule has 4 unspecified atom stereocenters. The van der Waals surface area contributed by atoms with Crippen molar-refractivity contribution in [3.05, 3.63) is 11.6 Å². The van der Waals surface area contributed by atoms with Crippen LogP contribution in [0.2, 0.25) is 0 Å². The van der Waals surface area contributed by atoms with Crippen LogP contribution in [0.3, 0.4) is 0 Å². The Hall–Kier alpha value is -0.0900. The third-order valence-corrected chi connectivity index (χ3v) is 6.49. The molecule has 2 saturated carbocycles. The summed E-state index contributed by atoms with van der Waals surface area (Å²) in [7, 11) is 0. The second kappa shape index (κ2) is 7.65. The van der Waals surface area contributed by atoms with E-state index in [9.17, 15) is 8.78 Å². The van der Waals surface area contributed by atoms with Gasteiger partial charge in [0.1, 0.15) is 12.3 Å². The first-order chi connectivity index (χ1) is 10.7. The Morgan fingerprint density at radius 2 is 1.73 bits per heavy atom. The summed E-state index contributed by atoms with van der Waals surface area (Å²) in [5, 5.41) is 0. The van der Waals surface area contributed by atoms with E-state index >= 15 is 0 Å². The van der Waals surface area contributed by atoms with Gasteiger partial charge in [-0.25, -0.2) is 8.78 Å². The van der Waals surface area contributed by atoms with Gasteiger partial charge in [0.15, 0.2) is 6.17 Å². The number of rotatable bonds is 3. The first-order valence-electron chi connectivity index (χ1n) is 8.98. The molecule has 22 heavy (non-hydrogen) atoms. The molecule has 2 fully saturated rings.